The van der Waals surface area contributed by atoms with Crippen molar-refractivity contribution in [3.8, 4) is 0 Å². The Kier molecular flexibility index (Phi) is 4.40. The zero-order chi connectivity index (χ0) is 16.7. The Balaban J connectivity index is 1.41. The maximum Gasteiger partial charge on any atom is 0.261 e. The summed E-state index contributed by atoms with van der Waals surface area (Å²) in [6.07, 6.45) is 4.03. The molecule has 0 spiro atoms. The van der Waals surface area contributed by atoms with Crippen LogP contribution in [0.15, 0.2) is 32.2 Å². The number of aromatic nitrogens is 1. The van der Waals surface area contributed by atoms with E-state index in [0.29, 0.717) is 17.2 Å². The van der Waals surface area contributed by atoms with Gasteiger partial charge in [0.05, 0.1) is 14.8 Å². The van der Waals surface area contributed by atoms with E-state index in [1.165, 1.54) is 49.0 Å². The smallest absolute Gasteiger partial charge is 0.261 e. The van der Waals surface area contributed by atoms with Gasteiger partial charge in [-0.3, -0.25) is 9.69 Å². The fraction of sp³-hybridized carbons (Fsp3) is 0.529. The first-order valence-electron chi connectivity index (χ1n) is 8.35. The van der Waals surface area contributed by atoms with Crippen LogP contribution in [0.3, 0.4) is 0 Å². The molecule has 0 aliphatic carbocycles. The Hall–Kier alpha value is -1.31. The van der Waals surface area contributed by atoms with Crippen LogP contribution < -0.4 is 5.32 Å². The number of nitrogens with zero attached hydrogens (tertiary/aromatic N) is 2. The van der Waals surface area contributed by atoms with Crippen molar-refractivity contribution in [2.24, 2.45) is 5.92 Å². The van der Waals surface area contributed by atoms with E-state index < -0.39 is 0 Å². The van der Waals surface area contributed by atoms with E-state index in [1.54, 1.807) is 6.26 Å². The van der Waals surface area contributed by atoms with Crippen LogP contribution in [0.25, 0.3) is 0 Å². The Morgan fingerprint density at radius 3 is 2.88 bits per heavy atom. The SMILES string of the molecule is Cc1coc(Sc2ccc(C(=O)N[C@@H]3C4CCN(CC4)[C@H]3C)s2)n1. The van der Waals surface area contributed by atoms with Crippen LogP contribution in [0, 0.1) is 12.8 Å². The average molecular weight is 364 g/mol. The second kappa shape index (κ2) is 6.54. The quantitative estimate of drug-likeness (QED) is 0.902. The van der Waals surface area contributed by atoms with E-state index in [0.717, 1.165) is 14.8 Å². The minimum atomic E-state index is 0.0426. The molecule has 3 fully saturated rings. The van der Waals surface area contributed by atoms with Gasteiger partial charge in [0, 0.05) is 12.1 Å². The van der Waals surface area contributed by atoms with Gasteiger partial charge < -0.3 is 9.73 Å². The van der Waals surface area contributed by atoms with Gasteiger partial charge in [0.2, 0.25) is 0 Å². The molecule has 3 aliphatic rings. The van der Waals surface area contributed by atoms with Gasteiger partial charge in [-0.2, -0.15) is 0 Å². The van der Waals surface area contributed by atoms with E-state index in [4.69, 9.17) is 4.42 Å². The standard InChI is InChI=1S/C17H21N3O2S2/c1-10-9-22-17(18-10)24-14-4-3-13(23-14)16(21)19-15-11(2)20-7-5-12(15)6-8-20/h3-4,9,11-12,15H,5-8H2,1-2H3,(H,19,21)/t11-,15-/m0/s1. The summed E-state index contributed by atoms with van der Waals surface area (Å²) in [5.74, 6) is 0.666. The molecule has 2 bridgehead atoms. The highest BCUT2D eigenvalue weighted by Gasteiger charge is 2.40. The number of hydrogen-bond donors (Lipinski definition) is 1. The number of oxazole rings is 1. The lowest BCUT2D eigenvalue weighted by Gasteiger charge is -2.49. The van der Waals surface area contributed by atoms with Gasteiger partial charge in [-0.05, 0) is 69.6 Å². The maximum atomic E-state index is 12.6. The number of carbonyl (C=O) groups excluding carboxylic acids is 1. The van der Waals surface area contributed by atoms with Crippen molar-refractivity contribution in [3.63, 3.8) is 0 Å². The molecule has 0 saturated carbocycles. The van der Waals surface area contributed by atoms with Crippen LogP contribution in [-0.2, 0) is 0 Å². The van der Waals surface area contributed by atoms with Crippen molar-refractivity contribution in [2.75, 3.05) is 13.1 Å². The summed E-state index contributed by atoms with van der Waals surface area (Å²) in [7, 11) is 0. The molecule has 5 nitrogen and oxygen atoms in total. The molecule has 1 N–H and O–H groups in total. The predicted octanol–water partition coefficient (Wildman–Crippen LogP) is 3.41. The molecule has 0 unspecified atom stereocenters. The number of hydrogen-bond acceptors (Lipinski definition) is 6. The maximum absolute atomic E-state index is 12.6. The van der Waals surface area contributed by atoms with Gasteiger partial charge in [0.1, 0.15) is 6.26 Å². The molecule has 2 aromatic rings. The molecule has 0 radical (unpaired) electrons. The lowest BCUT2D eigenvalue weighted by molar-refractivity contribution is 0.0218. The number of piperidine rings is 3. The van der Waals surface area contributed by atoms with E-state index in [-0.39, 0.29) is 11.9 Å². The number of amides is 1. The number of fused-ring (bicyclic) bond motifs is 3. The summed E-state index contributed by atoms with van der Waals surface area (Å²) in [6, 6.07) is 4.56. The van der Waals surface area contributed by atoms with Crippen molar-refractivity contribution >= 4 is 29.0 Å². The summed E-state index contributed by atoms with van der Waals surface area (Å²) in [6.45, 7) is 6.48. The van der Waals surface area contributed by atoms with Crippen LogP contribution in [0.5, 0.6) is 0 Å². The fourth-order valence-corrected chi connectivity index (χ4v) is 5.61. The highest BCUT2D eigenvalue weighted by atomic mass is 32.2. The Bertz CT molecular complexity index is 732. The summed E-state index contributed by atoms with van der Waals surface area (Å²) in [4.78, 5) is 20.2. The van der Waals surface area contributed by atoms with Crippen molar-refractivity contribution in [1.82, 2.24) is 15.2 Å². The molecular formula is C17H21N3O2S2. The zero-order valence-electron chi connectivity index (χ0n) is 13.8. The molecule has 3 aliphatic heterocycles. The van der Waals surface area contributed by atoms with Gasteiger partial charge in [0.15, 0.2) is 0 Å². The largest absolute Gasteiger partial charge is 0.439 e. The average Bonchev–Trinajstić information content (AvgIpc) is 3.21. The third-order valence-corrected chi connectivity index (χ3v) is 7.14. The van der Waals surface area contributed by atoms with E-state index in [9.17, 15) is 4.79 Å². The Morgan fingerprint density at radius 1 is 1.42 bits per heavy atom. The van der Waals surface area contributed by atoms with E-state index in [1.807, 2.05) is 19.1 Å². The summed E-state index contributed by atoms with van der Waals surface area (Å²) in [5.41, 5.74) is 0.864. The predicted molar refractivity (Wildman–Crippen MR) is 94.7 cm³/mol. The number of aryl methyl sites for hydroxylation is 1. The normalized spacial score (nSPS) is 28.9. The van der Waals surface area contributed by atoms with Crippen molar-refractivity contribution in [2.45, 2.75) is 48.2 Å². The molecule has 2 aromatic heterocycles. The minimum Gasteiger partial charge on any atom is -0.439 e. The number of nitrogens with one attached hydrogen (secondary N) is 1. The minimum absolute atomic E-state index is 0.0426. The van der Waals surface area contributed by atoms with Crippen LogP contribution >= 0.6 is 23.1 Å². The molecule has 2 atom stereocenters. The zero-order valence-corrected chi connectivity index (χ0v) is 15.5. The van der Waals surface area contributed by atoms with Crippen LogP contribution in [-0.4, -0.2) is 41.0 Å². The van der Waals surface area contributed by atoms with Crippen LogP contribution in [0.2, 0.25) is 0 Å². The molecule has 0 aromatic carbocycles. The topological polar surface area (TPSA) is 58.4 Å². The number of rotatable bonds is 4. The van der Waals surface area contributed by atoms with Crippen LogP contribution in [0.1, 0.15) is 35.1 Å². The molecule has 1 amide bonds. The molecule has 5 rings (SSSR count). The first kappa shape index (κ1) is 16.2. The highest BCUT2D eigenvalue weighted by Crippen LogP contribution is 2.34. The summed E-state index contributed by atoms with van der Waals surface area (Å²) >= 11 is 2.95. The van der Waals surface area contributed by atoms with E-state index >= 15 is 0 Å². The lowest BCUT2D eigenvalue weighted by Crippen LogP contribution is -2.62. The molecule has 3 saturated heterocycles. The second-order valence-electron chi connectivity index (χ2n) is 6.59. The second-order valence-corrected chi connectivity index (χ2v) is 8.92. The molecule has 7 heteroatoms. The number of carbonyl (C=O) groups is 1. The lowest BCUT2D eigenvalue weighted by atomic mass is 9.79. The van der Waals surface area contributed by atoms with Gasteiger partial charge in [0.25, 0.3) is 11.1 Å². The molecule has 128 valence electrons. The monoisotopic (exact) mass is 363 g/mol. The van der Waals surface area contributed by atoms with Crippen LogP contribution in [0.4, 0.5) is 0 Å². The van der Waals surface area contributed by atoms with Gasteiger partial charge >= 0.3 is 0 Å². The fourth-order valence-electron chi connectivity index (χ4n) is 3.73. The van der Waals surface area contributed by atoms with Crippen molar-refractivity contribution in [3.05, 3.63) is 29.0 Å². The first-order chi connectivity index (χ1) is 11.6. The van der Waals surface area contributed by atoms with Crippen molar-refractivity contribution < 1.29 is 9.21 Å². The van der Waals surface area contributed by atoms with Gasteiger partial charge in [-0.1, -0.05) is 0 Å². The molecule has 5 heterocycles. The Labute approximate surface area is 149 Å². The van der Waals surface area contributed by atoms with Crippen molar-refractivity contribution in [1.29, 1.82) is 0 Å². The summed E-state index contributed by atoms with van der Waals surface area (Å²) < 4.78 is 6.38. The number of thiophene rings is 1. The van der Waals surface area contributed by atoms with Gasteiger partial charge in [-0.15, -0.1) is 11.3 Å². The third kappa shape index (κ3) is 3.12. The third-order valence-electron chi connectivity index (χ3n) is 5.07. The van der Waals surface area contributed by atoms with E-state index in [2.05, 4.69) is 22.1 Å². The molecule has 24 heavy (non-hydrogen) atoms. The summed E-state index contributed by atoms with van der Waals surface area (Å²) in [5, 5.41) is 3.90. The molecular weight excluding hydrogens is 342 g/mol. The van der Waals surface area contributed by atoms with Gasteiger partial charge in [-0.25, -0.2) is 4.98 Å². The first-order valence-corrected chi connectivity index (χ1v) is 9.98. The Morgan fingerprint density at radius 2 is 2.21 bits per heavy atom. The highest BCUT2D eigenvalue weighted by molar-refractivity contribution is 8.01.